The monoisotopic (exact) mass is 256 g/mol. The Labute approximate surface area is 103 Å². The number of unbranched alkanes of at least 4 members (excludes halogenated alkanes) is 1. The molecule has 18 heavy (non-hydrogen) atoms. The number of carbonyl (C=O) groups is 1. The van der Waals surface area contributed by atoms with Crippen LogP contribution in [0.1, 0.15) is 28.8 Å². The minimum Gasteiger partial charge on any atom is -0.493 e. The molecule has 0 saturated carbocycles. The summed E-state index contributed by atoms with van der Waals surface area (Å²) in [7, 11) is 0. The van der Waals surface area contributed by atoms with E-state index in [0.29, 0.717) is 19.1 Å². The van der Waals surface area contributed by atoms with Crippen molar-refractivity contribution in [1.82, 2.24) is 0 Å². The number of hydrogen-bond donors (Lipinski definition) is 0. The molecular formula is C13H11F3O2. The van der Waals surface area contributed by atoms with Crippen molar-refractivity contribution in [2.75, 3.05) is 6.61 Å². The molecule has 0 aliphatic rings. The standard InChI is InChI=1S/C13H11F3O2/c1-2-3-4-7-18-12-6-5-10(9-17)8-11(12)13(14,15)16/h1,5-6,8-9H,3-4,7H2. The van der Waals surface area contributed by atoms with Gasteiger partial charge in [0.05, 0.1) is 12.2 Å². The first kappa shape index (κ1) is 14.1. The van der Waals surface area contributed by atoms with Gasteiger partial charge in [-0.15, -0.1) is 12.3 Å². The number of halogens is 3. The van der Waals surface area contributed by atoms with Gasteiger partial charge in [-0.1, -0.05) is 0 Å². The molecule has 1 aromatic carbocycles. The zero-order chi connectivity index (χ0) is 13.6. The molecule has 2 nitrogen and oxygen atoms in total. The minimum absolute atomic E-state index is 0.0432. The highest BCUT2D eigenvalue weighted by Crippen LogP contribution is 2.36. The van der Waals surface area contributed by atoms with Crippen molar-refractivity contribution >= 4 is 6.29 Å². The summed E-state index contributed by atoms with van der Waals surface area (Å²) in [6, 6.07) is 3.19. The van der Waals surface area contributed by atoms with Crippen molar-refractivity contribution < 1.29 is 22.7 Å². The number of carbonyl (C=O) groups excluding carboxylic acids is 1. The molecule has 0 saturated heterocycles. The van der Waals surface area contributed by atoms with Gasteiger partial charge in [-0.2, -0.15) is 13.2 Å². The van der Waals surface area contributed by atoms with E-state index in [1.54, 1.807) is 0 Å². The predicted molar refractivity (Wildman–Crippen MR) is 60.4 cm³/mol. The zero-order valence-corrected chi connectivity index (χ0v) is 9.46. The lowest BCUT2D eigenvalue weighted by molar-refractivity contribution is -0.139. The Kier molecular flexibility index (Phi) is 4.78. The molecule has 1 aromatic rings. The summed E-state index contributed by atoms with van der Waals surface area (Å²) in [4.78, 5) is 10.5. The van der Waals surface area contributed by atoms with Crippen LogP contribution in [0.5, 0.6) is 5.75 Å². The number of aldehydes is 1. The van der Waals surface area contributed by atoms with Crippen LogP contribution in [-0.4, -0.2) is 12.9 Å². The lowest BCUT2D eigenvalue weighted by Gasteiger charge is -2.14. The predicted octanol–water partition coefficient (Wildman–Crippen LogP) is 3.31. The molecular weight excluding hydrogens is 245 g/mol. The van der Waals surface area contributed by atoms with Gasteiger partial charge in [0.1, 0.15) is 12.0 Å². The largest absolute Gasteiger partial charge is 0.493 e. The van der Waals surface area contributed by atoms with Crippen LogP contribution in [0.4, 0.5) is 13.2 Å². The fraction of sp³-hybridized carbons (Fsp3) is 0.308. The van der Waals surface area contributed by atoms with Crippen molar-refractivity contribution in [3.63, 3.8) is 0 Å². The molecule has 0 aromatic heterocycles. The Morgan fingerprint density at radius 3 is 2.67 bits per heavy atom. The third kappa shape index (κ3) is 3.81. The van der Waals surface area contributed by atoms with Crippen LogP contribution in [0.2, 0.25) is 0 Å². The van der Waals surface area contributed by atoms with Crippen molar-refractivity contribution in [1.29, 1.82) is 0 Å². The lowest BCUT2D eigenvalue weighted by atomic mass is 10.1. The maximum absolute atomic E-state index is 12.7. The van der Waals surface area contributed by atoms with Gasteiger partial charge in [0.15, 0.2) is 0 Å². The Balaban J connectivity index is 2.90. The number of ether oxygens (including phenoxy) is 1. The van der Waals surface area contributed by atoms with Crippen LogP contribution in [0.3, 0.4) is 0 Å². The van der Waals surface area contributed by atoms with Crippen molar-refractivity contribution in [3.8, 4) is 18.1 Å². The second-order valence-electron chi connectivity index (χ2n) is 3.53. The van der Waals surface area contributed by atoms with Crippen LogP contribution in [0, 0.1) is 12.3 Å². The van der Waals surface area contributed by atoms with E-state index in [0.717, 1.165) is 12.1 Å². The molecule has 5 heteroatoms. The fourth-order valence-electron chi connectivity index (χ4n) is 1.32. The van der Waals surface area contributed by atoms with Crippen LogP contribution in [-0.2, 0) is 6.18 Å². The van der Waals surface area contributed by atoms with Gasteiger partial charge in [-0.05, 0) is 24.6 Å². The van der Waals surface area contributed by atoms with Crippen molar-refractivity contribution in [2.24, 2.45) is 0 Å². The maximum Gasteiger partial charge on any atom is 0.419 e. The summed E-state index contributed by atoms with van der Waals surface area (Å²) in [6.07, 6.45) is 1.74. The molecule has 0 fully saturated rings. The second-order valence-corrected chi connectivity index (χ2v) is 3.53. The Morgan fingerprint density at radius 1 is 1.39 bits per heavy atom. The van der Waals surface area contributed by atoms with E-state index in [2.05, 4.69) is 5.92 Å². The van der Waals surface area contributed by atoms with Gasteiger partial charge < -0.3 is 4.74 Å². The smallest absolute Gasteiger partial charge is 0.419 e. The van der Waals surface area contributed by atoms with Crippen LogP contribution in [0.25, 0.3) is 0 Å². The average Bonchev–Trinajstić information content (AvgIpc) is 2.33. The number of hydrogen-bond acceptors (Lipinski definition) is 2. The van der Waals surface area contributed by atoms with Gasteiger partial charge in [0.25, 0.3) is 0 Å². The van der Waals surface area contributed by atoms with Crippen molar-refractivity contribution in [3.05, 3.63) is 29.3 Å². The number of benzene rings is 1. The highest BCUT2D eigenvalue weighted by atomic mass is 19.4. The molecule has 0 N–H and O–H groups in total. The van der Waals surface area contributed by atoms with Crippen molar-refractivity contribution in [2.45, 2.75) is 19.0 Å². The highest BCUT2D eigenvalue weighted by molar-refractivity contribution is 5.75. The molecule has 0 bridgehead atoms. The topological polar surface area (TPSA) is 26.3 Å². The molecule has 96 valence electrons. The quantitative estimate of drug-likeness (QED) is 0.459. The first-order valence-electron chi connectivity index (χ1n) is 5.21. The normalized spacial score (nSPS) is 10.8. The van der Waals surface area contributed by atoms with E-state index in [9.17, 15) is 18.0 Å². The van der Waals surface area contributed by atoms with Gasteiger partial charge in [-0.25, -0.2) is 0 Å². The van der Waals surface area contributed by atoms with Crippen LogP contribution >= 0.6 is 0 Å². The Hall–Kier alpha value is -1.96. The summed E-state index contributed by atoms with van der Waals surface area (Å²) in [5.74, 6) is 2.08. The maximum atomic E-state index is 12.7. The number of alkyl halides is 3. The van der Waals surface area contributed by atoms with E-state index in [4.69, 9.17) is 11.2 Å². The van der Waals surface area contributed by atoms with E-state index in [-0.39, 0.29) is 17.9 Å². The summed E-state index contributed by atoms with van der Waals surface area (Å²) in [6.45, 7) is 0.105. The minimum atomic E-state index is -4.56. The SMILES string of the molecule is C#CCCCOc1ccc(C=O)cc1C(F)(F)F. The lowest BCUT2D eigenvalue weighted by Crippen LogP contribution is -2.10. The van der Waals surface area contributed by atoms with Gasteiger partial charge in [0.2, 0.25) is 0 Å². The summed E-state index contributed by atoms with van der Waals surface area (Å²) in [5.41, 5.74) is -0.994. The first-order chi connectivity index (χ1) is 8.49. The van der Waals surface area contributed by atoms with Gasteiger partial charge in [0, 0.05) is 12.0 Å². The van der Waals surface area contributed by atoms with E-state index in [1.807, 2.05) is 0 Å². The van der Waals surface area contributed by atoms with Crippen LogP contribution < -0.4 is 4.74 Å². The number of terminal acetylenes is 1. The van der Waals surface area contributed by atoms with E-state index < -0.39 is 11.7 Å². The zero-order valence-electron chi connectivity index (χ0n) is 9.46. The molecule has 0 heterocycles. The molecule has 0 unspecified atom stereocenters. The third-order valence-corrected chi connectivity index (χ3v) is 2.17. The highest BCUT2D eigenvalue weighted by Gasteiger charge is 2.34. The van der Waals surface area contributed by atoms with Gasteiger partial charge in [-0.3, -0.25) is 4.79 Å². The molecule has 0 radical (unpaired) electrons. The second kappa shape index (κ2) is 6.10. The summed E-state index contributed by atoms with van der Waals surface area (Å²) >= 11 is 0. The molecule has 0 spiro atoms. The molecule has 0 aliphatic carbocycles. The first-order valence-corrected chi connectivity index (χ1v) is 5.21. The molecule has 0 amide bonds. The third-order valence-electron chi connectivity index (χ3n) is 2.17. The fourth-order valence-corrected chi connectivity index (χ4v) is 1.32. The summed E-state index contributed by atoms with van der Waals surface area (Å²) in [5, 5.41) is 0. The van der Waals surface area contributed by atoms with E-state index >= 15 is 0 Å². The number of rotatable bonds is 5. The Morgan fingerprint density at radius 2 is 2.11 bits per heavy atom. The summed E-state index contributed by atoms with van der Waals surface area (Å²) < 4.78 is 43.2. The average molecular weight is 256 g/mol. The molecule has 0 atom stereocenters. The van der Waals surface area contributed by atoms with Gasteiger partial charge >= 0.3 is 6.18 Å². The molecule has 1 rings (SSSR count). The Bertz CT molecular complexity index is 458. The van der Waals surface area contributed by atoms with E-state index in [1.165, 1.54) is 6.07 Å². The molecule has 0 aliphatic heterocycles. The van der Waals surface area contributed by atoms with Crippen LogP contribution in [0.15, 0.2) is 18.2 Å².